The SMILES string of the molecule is CCCCC(=O)N[C@H](c1ccc(Cl)cc1)c1nnc(-c2ccccc2)o1. The topological polar surface area (TPSA) is 68.0 Å². The highest BCUT2D eigenvalue weighted by atomic mass is 35.5. The van der Waals surface area contributed by atoms with Gasteiger partial charge >= 0.3 is 0 Å². The van der Waals surface area contributed by atoms with Gasteiger partial charge in [0, 0.05) is 17.0 Å². The van der Waals surface area contributed by atoms with Gasteiger partial charge in [-0.15, -0.1) is 10.2 Å². The quantitative estimate of drug-likeness (QED) is 0.650. The van der Waals surface area contributed by atoms with Gasteiger partial charge in [0.2, 0.25) is 17.7 Å². The number of carbonyl (C=O) groups excluding carboxylic acids is 1. The van der Waals surface area contributed by atoms with Crippen LogP contribution in [0.5, 0.6) is 0 Å². The molecule has 134 valence electrons. The van der Waals surface area contributed by atoms with Gasteiger partial charge in [-0.1, -0.05) is 55.3 Å². The fourth-order valence-electron chi connectivity index (χ4n) is 2.56. The van der Waals surface area contributed by atoms with Crippen LogP contribution >= 0.6 is 11.6 Å². The van der Waals surface area contributed by atoms with Crippen LogP contribution in [0.2, 0.25) is 5.02 Å². The number of rotatable bonds is 7. The smallest absolute Gasteiger partial charge is 0.247 e. The summed E-state index contributed by atoms with van der Waals surface area (Å²) in [5, 5.41) is 11.9. The highest BCUT2D eigenvalue weighted by Gasteiger charge is 2.23. The summed E-state index contributed by atoms with van der Waals surface area (Å²) in [6.07, 6.45) is 2.25. The maximum atomic E-state index is 12.3. The molecule has 3 rings (SSSR count). The van der Waals surface area contributed by atoms with Crippen LogP contribution in [-0.4, -0.2) is 16.1 Å². The molecule has 0 saturated heterocycles. The lowest BCUT2D eigenvalue weighted by molar-refractivity contribution is -0.121. The minimum Gasteiger partial charge on any atom is -0.418 e. The van der Waals surface area contributed by atoms with Crippen molar-refractivity contribution in [3.63, 3.8) is 0 Å². The normalized spacial score (nSPS) is 11.9. The molecule has 26 heavy (non-hydrogen) atoms. The van der Waals surface area contributed by atoms with E-state index in [1.54, 1.807) is 12.1 Å². The molecule has 0 spiro atoms. The number of hydrogen-bond acceptors (Lipinski definition) is 4. The van der Waals surface area contributed by atoms with Crippen molar-refractivity contribution in [2.24, 2.45) is 0 Å². The molecule has 0 fully saturated rings. The van der Waals surface area contributed by atoms with Gasteiger partial charge in [0.05, 0.1) is 0 Å². The molecule has 0 aliphatic heterocycles. The van der Waals surface area contributed by atoms with E-state index in [9.17, 15) is 4.79 Å². The molecule has 0 aliphatic carbocycles. The predicted octanol–water partition coefficient (Wildman–Crippen LogP) is 4.79. The van der Waals surface area contributed by atoms with Crippen molar-refractivity contribution in [2.45, 2.75) is 32.2 Å². The van der Waals surface area contributed by atoms with Gasteiger partial charge < -0.3 is 9.73 Å². The molecule has 1 amide bonds. The van der Waals surface area contributed by atoms with Crippen LogP contribution in [0.1, 0.15) is 43.7 Å². The van der Waals surface area contributed by atoms with Gasteiger partial charge in [0.1, 0.15) is 6.04 Å². The number of unbranched alkanes of at least 4 members (excludes halogenated alkanes) is 1. The Morgan fingerprint density at radius 2 is 1.85 bits per heavy atom. The van der Waals surface area contributed by atoms with E-state index < -0.39 is 6.04 Å². The van der Waals surface area contributed by atoms with Crippen molar-refractivity contribution in [3.8, 4) is 11.5 Å². The molecule has 0 bridgehead atoms. The van der Waals surface area contributed by atoms with Gasteiger partial charge in [-0.05, 0) is 36.2 Å². The molecule has 0 aliphatic rings. The zero-order chi connectivity index (χ0) is 18.4. The average Bonchev–Trinajstić information content (AvgIpc) is 3.16. The first-order chi connectivity index (χ1) is 12.7. The van der Waals surface area contributed by atoms with Gasteiger partial charge in [-0.25, -0.2) is 0 Å². The molecule has 1 aromatic heterocycles. The number of amides is 1. The monoisotopic (exact) mass is 369 g/mol. The fraction of sp³-hybridized carbons (Fsp3) is 0.250. The Hall–Kier alpha value is -2.66. The Balaban J connectivity index is 1.89. The number of halogens is 1. The minimum atomic E-state index is -0.512. The molecule has 0 saturated carbocycles. The third-order valence-electron chi connectivity index (χ3n) is 3.97. The summed E-state index contributed by atoms with van der Waals surface area (Å²) >= 11 is 5.98. The third-order valence-corrected chi connectivity index (χ3v) is 4.23. The number of nitrogens with one attached hydrogen (secondary N) is 1. The second-order valence-corrected chi connectivity index (χ2v) is 6.40. The van der Waals surface area contributed by atoms with Gasteiger partial charge in [-0.3, -0.25) is 4.79 Å². The average molecular weight is 370 g/mol. The van der Waals surface area contributed by atoms with Crippen molar-refractivity contribution in [1.29, 1.82) is 0 Å². The van der Waals surface area contributed by atoms with E-state index in [0.717, 1.165) is 24.0 Å². The van der Waals surface area contributed by atoms with Crippen molar-refractivity contribution < 1.29 is 9.21 Å². The van der Waals surface area contributed by atoms with Crippen LogP contribution in [-0.2, 0) is 4.79 Å². The summed E-state index contributed by atoms with van der Waals surface area (Å²) < 4.78 is 5.85. The molecule has 5 nitrogen and oxygen atoms in total. The Morgan fingerprint density at radius 1 is 1.12 bits per heavy atom. The van der Waals surface area contributed by atoms with E-state index in [-0.39, 0.29) is 5.91 Å². The molecule has 1 N–H and O–H groups in total. The lowest BCUT2D eigenvalue weighted by atomic mass is 10.1. The fourth-order valence-corrected chi connectivity index (χ4v) is 2.69. The molecule has 1 heterocycles. The summed E-state index contributed by atoms with van der Waals surface area (Å²) in [7, 11) is 0. The second-order valence-electron chi connectivity index (χ2n) is 5.97. The maximum absolute atomic E-state index is 12.3. The maximum Gasteiger partial charge on any atom is 0.247 e. The molecular weight excluding hydrogens is 350 g/mol. The lowest BCUT2D eigenvalue weighted by Crippen LogP contribution is -2.29. The highest BCUT2D eigenvalue weighted by Crippen LogP contribution is 2.26. The van der Waals surface area contributed by atoms with Crippen LogP contribution < -0.4 is 5.32 Å². The number of aromatic nitrogens is 2. The van der Waals surface area contributed by atoms with E-state index in [2.05, 4.69) is 15.5 Å². The Kier molecular flexibility index (Phi) is 6.02. The Labute approximate surface area is 157 Å². The Bertz CT molecular complexity index is 847. The number of hydrogen-bond donors (Lipinski definition) is 1. The molecule has 2 aromatic carbocycles. The third kappa shape index (κ3) is 4.49. The zero-order valence-electron chi connectivity index (χ0n) is 14.5. The van der Waals surface area contributed by atoms with Gasteiger partial charge in [-0.2, -0.15) is 0 Å². The molecule has 1 atom stereocenters. The van der Waals surface area contributed by atoms with E-state index >= 15 is 0 Å². The molecular formula is C20H20ClN3O2. The highest BCUT2D eigenvalue weighted by molar-refractivity contribution is 6.30. The van der Waals surface area contributed by atoms with E-state index in [0.29, 0.717) is 23.2 Å². The van der Waals surface area contributed by atoms with Crippen LogP contribution in [0.4, 0.5) is 0 Å². The molecule has 6 heteroatoms. The van der Waals surface area contributed by atoms with Crippen molar-refractivity contribution in [2.75, 3.05) is 0 Å². The summed E-state index contributed by atoms with van der Waals surface area (Å²) in [5.41, 5.74) is 1.67. The van der Waals surface area contributed by atoms with E-state index in [1.165, 1.54) is 0 Å². The first kappa shape index (κ1) is 18.1. The van der Waals surface area contributed by atoms with Crippen LogP contribution in [0.3, 0.4) is 0 Å². The van der Waals surface area contributed by atoms with Crippen LogP contribution in [0.25, 0.3) is 11.5 Å². The van der Waals surface area contributed by atoms with Gasteiger partial charge in [0.25, 0.3) is 0 Å². The van der Waals surface area contributed by atoms with Crippen LogP contribution in [0.15, 0.2) is 59.0 Å². The van der Waals surface area contributed by atoms with Gasteiger partial charge in [0.15, 0.2) is 0 Å². The number of benzene rings is 2. The van der Waals surface area contributed by atoms with Crippen LogP contribution in [0, 0.1) is 0 Å². The first-order valence-electron chi connectivity index (χ1n) is 8.61. The standard InChI is InChI=1S/C20H20ClN3O2/c1-2-3-9-17(25)22-18(14-10-12-16(21)13-11-14)20-24-23-19(26-20)15-7-5-4-6-8-15/h4-8,10-13,18H,2-3,9H2,1H3,(H,22,25)/t18-/m1/s1. The van der Waals surface area contributed by atoms with Crippen molar-refractivity contribution in [3.05, 3.63) is 71.1 Å². The number of nitrogens with zero attached hydrogens (tertiary/aromatic N) is 2. The van der Waals surface area contributed by atoms with E-state index in [1.807, 2.05) is 49.4 Å². The largest absolute Gasteiger partial charge is 0.418 e. The molecule has 0 unspecified atom stereocenters. The summed E-state index contributed by atoms with van der Waals surface area (Å²) in [5.74, 6) is 0.713. The lowest BCUT2D eigenvalue weighted by Gasteiger charge is -2.16. The summed E-state index contributed by atoms with van der Waals surface area (Å²) in [6.45, 7) is 2.05. The molecule has 3 aromatic rings. The molecule has 0 radical (unpaired) electrons. The Morgan fingerprint density at radius 3 is 2.54 bits per heavy atom. The first-order valence-corrected chi connectivity index (χ1v) is 8.99. The van der Waals surface area contributed by atoms with Crippen molar-refractivity contribution in [1.82, 2.24) is 15.5 Å². The number of carbonyl (C=O) groups is 1. The zero-order valence-corrected chi connectivity index (χ0v) is 15.2. The predicted molar refractivity (Wildman–Crippen MR) is 101 cm³/mol. The summed E-state index contributed by atoms with van der Waals surface area (Å²) in [6, 6.07) is 16.3. The summed E-state index contributed by atoms with van der Waals surface area (Å²) in [4.78, 5) is 12.3. The second kappa shape index (κ2) is 8.63. The van der Waals surface area contributed by atoms with Crippen molar-refractivity contribution >= 4 is 17.5 Å². The van der Waals surface area contributed by atoms with E-state index in [4.69, 9.17) is 16.0 Å². The minimum absolute atomic E-state index is 0.0498.